The van der Waals surface area contributed by atoms with Gasteiger partial charge in [-0.1, -0.05) is 43.3 Å². The minimum absolute atomic E-state index is 0.181. The number of aliphatic hydroxyl groups excluding tert-OH is 1. The van der Waals surface area contributed by atoms with E-state index < -0.39 is 5.41 Å². The smallest absolute Gasteiger partial charge is 0.373 e. The first-order valence-corrected chi connectivity index (χ1v) is 14.2. The highest BCUT2D eigenvalue weighted by Crippen LogP contribution is 2.57. The van der Waals surface area contributed by atoms with Gasteiger partial charge in [-0.2, -0.15) is 9.59 Å². The van der Waals surface area contributed by atoms with Gasteiger partial charge in [-0.05, 0) is 98.0 Å². The molecular formula is C33H34N2O5. The fraction of sp³-hybridized carbons (Fsp3) is 0.394. The van der Waals surface area contributed by atoms with Gasteiger partial charge in [-0.3, -0.25) is 14.6 Å². The molecule has 1 spiro atoms. The molecule has 40 heavy (non-hydrogen) atoms. The van der Waals surface area contributed by atoms with Gasteiger partial charge in [0.15, 0.2) is 0 Å². The van der Waals surface area contributed by atoms with E-state index in [9.17, 15) is 9.90 Å². The van der Waals surface area contributed by atoms with Crippen LogP contribution in [0.2, 0.25) is 0 Å². The van der Waals surface area contributed by atoms with E-state index >= 15 is 0 Å². The Kier molecular flexibility index (Phi) is 7.05. The minimum Gasteiger partial charge on any atom is -0.457 e. The first-order chi connectivity index (χ1) is 19.5. The second kappa shape index (κ2) is 10.7. The number of ether oxygens (including phenoxy) is 1. The number of amides is 1. The standard InChI is InChI=1S/C32H34N2O3.CO2/c1-21-26-19-30-32(17-18-33(30)20-22(26)11-16-29(21)35)27-9-5-6-10-28(27)34(31(32)36)23-12-14-25(15-13-23)37-24-7-3-2-4-8-24;2-1-3/h2-10,12-15,21-22,26,29-30,35H,11,16-20H2,1H3;/t21-,22+,26-,29+,30+,32+;/m1./s1. The summed E-state index contributed by atoms with van der Waals surface area (Å²) in [5.74, 6) is 3.13. The highest BCUT2D eigenvalue weighted by atomic mass is 16.5. The molecule has 0 aromatic heterocycles. The first kappa shape index (κ1) is 26.5. The zero-order valence-corrected chi connectivity index (χ0v) is 22.6. The summed E-state index contributed by atoms with van der Waals surface area (Å²) in [6.45, 7) is 4.23. The van der Waals surface area contributed by atoms with Crippen LogP contribution in [0.1, 0.15) is 38.2 Å². The average molecular weight is 539 g/mol. The van der Waals surface area contributed by atoms with E-state index in [0.717, 1.165) is 61.6 Å². The predicted molar refractivity (Wildman–Crippen MR) is 149 cm³/mol. The normalized spacial score (nSPS) is 30.5. The molecule has 1 amide bonds. The van der Waals surface area contributed by atoms with Gasteiger partial charge in [0.05, 0.1) is 17.2 Å². The highest BCUT2D eigenvalue weighted by molar-refractivity contribution is 6.13. The number of piperidine rings is 1. The lowest BCUT2D eigenvalue weighted by molar-refractivity contribution is -0.191. The van der Waals surface area contributed by atoms with Gasteiger partial charge < -0.3 is 9.84 Å². The number of benzene rings is 3. The number of rotatable bonds is 3. The number of hydrogen-bond donors (Lipinski definition) is 1. The van der Waals surface area contributed by atoms with E-state index in [1.807, 2.05) is 65.6 Å². The molecule has 6 atom stereocenters. The van der Waals surface area contributed by atoms with Crippen LogP contribution in [0.4, 0.5) is 11.4 Å². The molecule has 3 fully saturated rings. The van der Waals surface area contributed by atoms with Crippen molar-refractivity contribution in [1.82, 2.24) is 4.90 Å². The fourth-order valence-corrected chi connectivity index (χ4v) is 7.87. The molecule has 3 aromatic carbocycles. The number of carbonyl (C=O) groups is 1. The van der Waals surface area contributed by atoms with Crippen LogP contribution in [0.3, 0.4) is 0 Å². The van der Waals surface area contributed by atoms with Crippen molar-refractivity contribution in [2.45, 2.75) is 50.2 Å². The van der Waals surface area contributed by atoms with Crippen molar-refractivity contribution in [2.24, 2.45) is 17.8 Å². The van der Waals surface area contributed by atoms with E-state index in [-0.39, 0.29) is 24.2 Å². The summed E-state index contributed by atoms with van der Waals surface area (Å²) in [4.78, 5) is 35.3. The van der Waals surface area contributed by atoms with Crippen molar-refractivity contribution in [3.8, 4) is 11.5 Å². The molecule has 4 aliphatic rings. The Bertz CT molecular complexity index is 1400. The second-order valence-electron chi connectivity index (χ2n) is 11.5. The van der Waals surface area contributed by atoms with E-state index in [2.05, 4.69) is 30.0 Å². The maximum atomic E-state index is 14.5. The lowest BCUT2D eigenvalue weighted by Gasteiger charge is -2.50. The Morgan fingerprint density at radius 2 is 1.60 bits per heavy atom. The molecule has 7 nitrogen and oxygen atoms in total. The topological polar surface area (TPSA) is 87.2 Å². The van der Waals surface area contributed by atoms with Gasteiger partial charge in [0.2, 0.25) is 5.91 Å². The van der Waals surface area contributed by atoms with Gasteiger partial charge in [0.25, 0.3) is 0 Å². The van der Waals surface area contributed by atoms with Gasteiger partial charge in [-0.25, -0.2) is 0 Å². The molecule has 1 N–H and O–H groups in total. The summed E-state index contributed by atoms with van der Waals surface area (Å²) in [6.07, 6.45) is 3.88. The van der Waals surface area contributed by atoms with Crippen molar-refractivity contribution in [3.05, 3.63) is 84.4 Å². The third-order valence-electron chi connectivity index (χ3n) is 9.77. The van der Waals surface area contributed by atoms with Gasteiger partial charge in [-0.15, -0.1) is 0 Å². The van der Waals surface area contributed by atoms with Crippen LogP contribution in [0, 0.1) is 17.8 Å². The Morgan fingerprint density at radius 3 is 2.35 bits per heavy atom. The summed E-state index contributed by atoms with van der Waals surface area (Å²) in [5, 5.41) is 10.6. The SMILES string of the molecule is C[C@@H]1[C@H]2C[C@@H]3N(CC[C@@]34C(=O)N(c3ccc(Oc5ccccc5)cc3)c3ccccc34)C[C@@H]2CC[C@@H]1O.O=C=O. The van der Waals surface area contributed by atoms with Crippen LogP contribution >= 0.6 is 0 Å². The zero-order chi connectivity index (χ0) is 27.9. The van der Waals surface area contributed by atoms with E-state index in [0.29, 0.717) is 17.8 Å². The first-order valence-electron chi connectivity index (χ1n) is 14.2. The largest absolute Gasteiger partial charge is 0.457 e. The molecule has 1 aliphatic carbocycles. The molecule has 3 aromatic rings. The Balaban J connectivity index is 0.000000925. The van der Waals surface area contributed by atoms with E-state index in [1.165, 1.54) is 5.56 Å². The lowest BCUT2D eigenvalue weighted by atomic mass is 9.62. The summed E-state index contributed by atoms with van der Waals surface area (Å²) < 4.78 is 5.99. The molecule has 0 unspecified atom stereocenters. The Morgan fingerprint density at radius 1 is 0.925 bits per heavy atom. The summed E-state index contributed by atoms with van der Waals surface area (Å²) in [5.41, 5.74) is 2.52. The molecular weight excluding hydrogens is 504 g/mol. The van der Waals surface area contributed by atoms with Crippen LogP contribution in [-0.2, 0) is 19.8 Å². The molecule has 7 heteroatoms. The van der Waals surface area contributed by atoms with Crippen molar-refractivity contribution in [3.63, 3.8) is 0 Å². The van der Waals surface area contributed by atoms with E-state index in [1.54, 1.807) is 0 Å². The third-order valence-corrected chi connectivity index (χ3v) is 9.77. The molecule has 2 saturated heterocycles. The molecule has 206 valence electrons. The number of para-hydroxylation sites is 2. The van der Waals surface area contributed by atoms with Crippen LogP contribution < -0.4 is 9.64 Å². The summed E-state index contributed by atoms with van der Waals surface area (Å²) >= 11 is 0. The van der Waals surface area contributed by atoms with Crippen molar-refractivity contribution >= 4 is 23.4 Å². The number of fused-ring (bicyclic) bond motifs is 5. The summed E-state index contributed by atoms with van der Waals surface area (Å²) in [6, 6.07) is 26.2. The fourth-order valence-electron chi connectivity index (χ4n) is 7.87. The third kappa shape index (κ3) is 4.26. The number of hydrogen-bond acceptors (Lipinski definition) is 6. The molecule has 7 rings (SSSR count). The molecule has 3 aliphatic heterocycles. The molecule has 3 heterocycles. The molecule has 0 radical (unpaired) electrons. The minimum atomic E-state index is -0.525. The summed E-state index contributed by atoms with van der Waals surface area (Å²) in [7, 11) is 0. The Labute approximate surface area is 234 Å². The van der Waals surface area contributed by atoms with Crippen molar-refractivity contribution in [2.75, 3.05) is 18.0 Å². The second-order valence-corrected chi connectivity index (χ2v) is 11.5. The zero-order valence-electron chi connectivity index (χ0n) is 22.6. The van der Waals surface area contributed by atoms with Gasteiger partial charge >= 0.3 is 6.15 Å². The van der Waals surface area contributed by atoms with Gasteiger partial charge in [0.1, 0.15) is 11.5 Å². The molecule has 0 bridgehead atoms. The van der Waals surface area contributed by atoms with E-state index in [4.69, 9.17) is 14.3 Å². The number of nitrogens with zero attached hydrogens (tertiary/aromatic N) is 2. The van der Waals surface area contributed by atoms with Gasteiger partial charge in [0, 0.05) is 18.3 Å². The average Bonchev–Trinajstić information content (AvgIpc) is 3.47. The quantitative estimate of drug-likeness (QED) is 0.486. The van der Waals surface area contributed by atoms with Crippen molar-refractivity contribution < 1.29 is 24.2 Å². The highest BCUT2D eigenvalue weighted by Gasteiger charge is 2.62. The Hall–Kier alpha value is -3.77. The maximum Gasteiger partial charge on any atom is 0.373 e. The van der Waals surface area contributed by atoms with Crippen LogP contribution in [0.15, 0.2) is 78.9 Å². The van der Waals surface area contributed by atoms with Crippen LogP contribution in [0.25, 0.3) is 0 Å². The number of anilines is 2. The monoisotopic (exact) mass is 538 g/mol. The number of carbonyl (C=O) groups excluding carboxylic acids is 3. The van der Waals surface area contributed by atoms with Crippen LogP contribution in [-0.4, -0.2) is 47.3 Å². The number of aliphatic hydroxyl groups is 1. The molecule has 1 saturated carbocycles. The van der Waals surface area contributed by atoms with Crippen LogP contribution in [0.5, 0.6) is 11.5 Å². The maximum absolute atomic E-state index is 14.5. The van der Waals surface area contributed by atoms with Crippen molar-refractivity contribution in [1.29, 1.82) is 0 Å². The lowest BCUT2D eigenvalue weighted by Crippen LogP contribution is -2.56. The predicted octanol–water partition coefficient (Wildman–Crippen LogP) is 5.31.